The van der Waals surface area contributed by atoms with Gasteiger partial charge in [0.15, 0.2) is 12.3 Å². The smallest absolute Gasteiger partial charge is 0.359 e. The molecule has 2 aromatic carbocycles. The van der Waals surface area contributed by atoms with Crippen LogP contribution in [0, 0.1) is 0 Å². The van der Waals surface area contributed by atoms with Crippen molar-refractivity contribution < 1.29 is 14.3 Å². The van der Waals surface area contributed by atoms with Crippen LogP contribution in [-0.4, -0.2) is 48.8 Å². The largest absolute Gasteiger partial charge is 0.451 e. The minimum Gasteiger partial charge on any atom is -0.451 e. The van der Waals surface area contributed by atoms with Crippen molar-refractivity contribution in [2.75, 3.05) is 31.6 Å². The molecule has 3 rings (SSSR count). The molecule has 0 fully saturated rings. The number of hydrogen-bond acceptors (Lipinski definition) is 5. The van der Waals surface area contributed by atoms with Crippen LogP contribution in [0.2, 0.25) is 0 Å². The van der Waals surface area contributed by atoms with E-state index in [1.807, 2.05) is 55.6 Å². The summed E-state index contributed by atoms with van der Waals surface area (Å²) < 4.78 is 5.06. The molecule has 1 aromatic heterocycles. The lowest BCUT2D eigenvalue weighted by molar-refractivity contribution is -0.124. The minimum atomic E-state index is -0.619. The van der Waals surface area contributed by atoms with Crippen LogP contribution in [0.25, 0.3) is 10.9 Å². The molecule has 0 aliphatic heterocycles. The first-order valence-electron chi connectivity index (χ1n) is 8.78. The van der Waals surface area contributed by atoms with E-state index in [0.29, 0.717) is 11.9 Å². The van der Waals surface area contributed by atoms with E-state index < -0.39 is 5.97 Å². The quantitative estimate of drug-likeness (QED) is 0.472. The molecule has 0 spiro atoms. The molecule has 0 unspecified atom stereocenters. The van der Waals surface area contributed by atoms with Crippen LogP contribution in [0.4, 0.5) is 5.69 Å². The summed E-state index contributed by atoms with van der Waals surface area (Å²) >= 11 is 0. The lowest BCUT2D eigenvalue weighted by atomic mass is 10.2. The number of fused-ring (bicyclic) bond motifs is 1. The third kappa shape index (κ3) is 4.84. The van der Waals surface area contributed by atoms with Crippen LogP contribution < -0.4 is 10.2 Å². The predicted molar refractivity (Wildman–Crippen MR) is 104 cm³/mol. The third-order valence-corrected chi connectivity index (χ3v) is 4.19. The van der Waals surface area contributed by atoms with Crippen molar-refractivity contribution in [3.05, 3.63) is 60.3 Å². The molecule has 0 aliphatic carbocycles. The number of esters is 1. The number of carbonyl (C=O) groups excluding carboxylic acids is 2. The minimum absolute atomic E-state index is 0.183. The van der Waals surface area contributed by atoms with E-state index in [0.717, 1.165) is 24.2 Å². The Bertz CT molecular complexity index is 908. The number of aromatic amines is 1. The summed E-state index contributed by atoms with van der Waals surface area (Å²) in [6.07, 6.45) is 0.787. The fourth-order valence-electron chi connectivity index (χ4n) is 2.73. The zero-order valence-electron chi connectivity index (χ0n) is 15.1. The number of nitrogens with one attached hydrogen (secondary N) is 2. The highest BCUT2D eigenvalue weighted by Crippen LogP contribution is 2.15. The molecule has 3 aromatic rings. The fraction of sp³-hybridized carbons (Fsp3) is 0.250. The second kappa shape index (κ2) is 8.84. The molecule has 1 amide bonds. The summed E-state index contributed by atoms with van der Waals surface area (Å²) in [7, 11) is 2.01. The standard InChI is InChI=1S/C20H22N4O3/c1-24(15-8-3-2-4-9-15)13-7-12-21-18(25)14-27-20(26)19-16-10-5-6-11-17(16)22-23-19/h2-6,8-11H,7,12-14H2,1H3,(H,21,25)(H,22,23). The Kier molecular flexibility index (Phi) is 6.04. The third-order valence-electron chi connectivity index (χ3n) is 4.19. The normalized spacial score (nSPS) is 10.6. The number of carbonyl (C=O) groups is 2. The fourth-order valence-corrected chi connectivity index (χ4v) is 2.73. The Morgan fingerprint density at radius 2 is 1.85 bits per heavy atom. The van der Waals surface area contributed by atoms with Gasteiger partial charge in [0.2, 0.25) is 0 Å². The molecule has 7 nitrogen and oxygen atoms in total. The van der Waals surface area contributed by atoms with Crippen LogP contribution in [0.1, 0.15) is 16.9 Å². The number of aromatic nitrogens is 2. The van der Waals surface area contributed by atoms with E-state index in [2.05, 4.69) is 20.4 Å². The van der Waals surface area contributed by atoms with Crippen LogP contribution >= 0.6 is 0 Å². The molecule has 0 atom stereocenters. The van der Waals surface area contributed by atoms with E-state index in [4.69, 9.17) is 4.74 Å². The molecule has 7 heteroatoms. The van der Waals surface area contributed by atoms with E-state index in [9.17, 15) is 9.59 Å². The van der Waals surface area contributed by atoms with Gasteiger partial charge < -0.3 is 15.0 Å². The van der Waals surface area contributed by atoms with Crippen molar-refractivity contribution in [1.29, 1.82) is 0 Å². The van der Waals surface area contributed by atoms with Crippen LogP contribution in [0.5, 0.6) is 0 Å². The number of anilines is 1. The molecule has 1 heterocycles. The number of para-hydroxylation sites is 2. The van der Waals surface area contributed by atoms with Gasteiger partial charge in [-0.2, -0.15) is 5.10 Å². The van der Waals surface area contributed by atoms with Gasteiger partial charge in [-0.15, -0.1) is 0 Å². The van der Waals surface area contributed by atoms with E-state index >= 15 is 0 Å². The van der Waals surface area contributed by atoms with Crippen molar-refractivity contribution in [3.8, 4) is 0 Å². The molecule has 140 valence electrons. The van der Waals surface area contributed by atoms with Gasteiger partial charge in [0.1, 0.15) is 0 Å². The predicted octanol–water partition coefficient (Wildman–Crippen LogP) is 2.36. The number of amides is 1. The summed E-state index contributed by atoms with van der Waals surface area (Å²) in [4.78, 5) is 26.1. The Morgan fingerprint density at radius 1 is 1.11 bits per heavy atom. The van der Waals surface area contributed by atoms with Crippen molar-refractivity contribution in [3.63, 3.8) is 0 Å². The number of H-pyrrole nitrogens is 1. The second-order valence-corrected chi connectivity index (χ2v) is 6.15. The Labute approximate surface area is 157 Å². The van der Waals surface area contributed by atoms with Gasteiger partial charge in [0.05, 0.1) is 5.52 Å². The molecule has 27 heavy (non-hydrogen) atoms. The van der Waals surface area contributed by atoms with Gasteiger partial charge in [-0.1, -0.05) is 36.4 Å². The molecule has 0 saturated heterocycles. The van der Waals surface area contributed by atoms with Crippen molar-refractivity contribution in [2.24, 2.45) is 0 Å². The zero-order valence-corrected chi connectivity index (χ0v) is 15.1. The van der Waals surface area contributed by atoms with Gasteiger partial charge >= 0.3 is 5.97 Å². The number of rotatable bonds is 8. The van der Waals surface area contributed by atoms with Gasteiger partial charge in [-0.3, -0.25) is 9.89 Å². The van der Waals surface area contributed by atoms with E-state index in [1.54, 1.807) is 6.07 Å². The monoisotopic (exact) mass is 366 g/mol. The summed E-state index contributed by atoms with van der Waals surface area (Å²) in [6, 6.07) is 17.3. The number of hydrogen-bond donors (Lipinski definition) is 2. The van der Waals surface area contributed by atoms with E-state index in [1.165, 1.54) is 0 Å². The van der Waals surface area contributed by atoms with Gasteiger partial charge in [-0.05, 0) is 24.6 Å². The maximum Gasteiger partial charge on any atom is 0.359 e. The zero-order chi connectivity index (χ0) is 19.1. The lowest BCUT2D eigenvalue weighted by Crippen LogP contribution is -2.31. The SMILES string of the molecule is CN(CCCNC(=O)COC(=O)c1n[nH]c2ccccc12)c1ccccc1. The molecule has 0 radical (unpaired) electrons. The Balaban J connectivity index is 1.38. The number of ether oxygens (including phenoxy) is 1. The summed E-state index contributed by atoms with van der Waals surface area (Å²) in [5.41, 5.74) is 2.06. The number of nitrogens with zero attached hydrogens (tertiary/aromatic N) is 2. The molecule has 2 N–H and O–H groups in total. The molecular formula is C20H22N4O3. The summed E-state index contributed by atoms with van der Waals surface area (Å²) in [5, 5.41) is 10.2. The second-order valence-electron chi connectivity index (χ2n) is 6.15. The Hall–Kier alpha value is -3.35. The van der Waals surface area contributed by atoms with Crippen LogP contribution in [-0.2, 0) is 9.53 Å². The highest BCUT2D eigenvalue weighted by molar-refractivity contribution is 6.02. The first kappa shape index (κ1) is 18.4. The van der Waals surface area contributed by atoms with Crippen molar-refractivity contribution in [2.45, 2.75) is 6.42 Å². The topological polar surface area (TPSA) is 87.3 Å². The number of benzene rings is 2. The molecule has 0 saturated carbocycles. The molecular weight excluding hydrogens is 344 g/mol. The van der Waals surface area contributed by atoms with Gasteiger partial charge in [-0.25, -0.2) is 4.79 Å². The first-order valence-corrected chi connectivity index (χ1v) is 8.78. The van der Waals surface area contributed by atoms with Crippen molar-refractivity contribution >= 4 is 28.5 Å². The van der Waals surface area contributed by atoms with Gasteiger partial charge in [0, 0.05) is 31.2 Å². The summed E-state index contributed by atoms with van der Waals surface area (Å²) in [6.45, 7) is 0.997. The van der Waals surface area contributed by atoms with Gasteiger partial charge in [0.25, 0.3) is 5.91 Å². The maximum absolute atomic E-state index is 12.1. The van der Waals surface area contributed by atoms with Crippen LogP contribution in [0.15, 0.2) is 54.6 Å². The summed E-state index contributed by atoms with van der Waals surface area (Å²) in [5.74, 6) is -0.947. The van der Waals surface area contributed by atoms with Crippen LogP contribution in [0.3, 0.4) is 0 Å². The Morgan fingerprint density at radius 3 is 2.67 bits per heavy atom. The maximum atomic E-state index is 12.1. The lowest BCUT2D eigenvalue weighted by Gasteiger charge is -2.19. The molecule has 0 aliphatic rings. The molecule has 0 bridgehead atoms. The average Bonchev–Trinajstić information content (AvgIpc) is 3.14. The van der Waals surface area contributed by atoms with E-state index in [-0.39, 0.29) is 18.2 Å². The first-order chi connectivity index (χ1) is 13.1. The van der Waals surface area contributed by atoms with Crippen molar-refractivity contribution in [1.82, 2.24) is 15.5 Å². The highest BCUT2D eigenvalue weighted by Gasteiger charge is 2.16. The average molecular weight is 366 g/mol. The highest BCUT2D eigenvalue weighted by atomic mass is 16.5.